The Hall–Kier alpha value is -2.08. The number of carboxylic acids is 1. The van der Waals surface area contributed by atoms with Gasteiger partial charge in [-0.25, -0.2) is 9.59 Å². The van der Waals surface area contributed by atoms with Crippen molar-refractivity contribution in [2.24, 2.45) is 0 Å². The molecular formula is C14H20N2O4. The lowest BCUT2D eigenvalue weighted by molar-refractivity contribution is -0.139. The van der Waals surface area contributed by atoms with E-state index in [2.05, 4.69) is 10.6 Å². The summed E-state index contributed by atoms with van der Waals surface area (Å²) < 4.78 is 5.01. The van der Waals surface area contributed by atoms with Gasteiger partial charge in [-0.15, -0.1) is 0 Å². The number of hydrogen-bond acceptors (Lipinski definition) is 3. The van der Waals surface area contributed by atoms with Crippen molar-refractivity contribution in [2.75, 3.05) is 19.0 Å². The predicted octanol–water partition coefficient (Wildman–Crippen LogP) is 1.86. The normalized spacial score (nSPS) is 11.7. The van der Waals surface area contributed by atoms with Crippen LogP contribution in [0.4, 0.5) is 10.5 Å². The third-order valence-corrected chi connectivity index (χ3v) is 2.85. The van der Waals surface area contributed by atoms with Gasteiger partial charge in [-0.05, 0) is 24.5 Å². The smallest absolute Gasteiger partial charge is 0.326 e. The fourth-order valence-corrected chi connectivity index (χ4v) is 1.73. The van der Waals surface area contributed by atoms with Gasteiger partial charge in [0.25, 0.3) is 0 Å². The van der Waals surface area contributed by atoms with Crippen LogP contribution in [0.25, 0.3) is 0 Å². The Morgan fingerprint density at radius 2 is 2.05 bits per heavy atom. The molecule has 0 fully saturated rings. The van der Waals surface area contributed by atoms with E-state index in [9.17, 15) is 9.59 Å². The molecule has 0 bridgehead atoms. The number of amides is 2. The second-order valence-electron chi connectivity index (χ2n) is 4.30. The summed E-state index contributed by atoms with van der Waals surface area (Å²) in [7, 11) is 1.61. The number of urea groups is 1. The first-order valence-corrected chi connectivity index (χ1v) is 6.45. The lowest BCUT2D eigenvalue weighted by atomic mass is 10.1. The monoisotopic (exact) mass is 280 g/mol. The molecule has 20 heavy (non-hydrogen) atoms. The summed E-state index contributed by atoms with van der Waals surface area (Å²) in [6, 6.07) is 5.93. The lowest BCUT2D eigenvalue weighted by Crippen LogP contribution is -2.42. The van der Waals surface area contributed by atoms with Crippen LogP contribution in [0.1, 0.15) is 18.9 Å². The number of carbonyl (C=O) groups excluding carboxylic acids is 1. The van der Waals surface area contributed by atoms with E-state index in [1.807, 2.05) is 12.1 Å². The number of anilines is 1. The maximum atomic E-state index is 11.8. The average molecular weight is 280 g/mol. The van der Waals surface area contributed by atoms with Crippen molar-refractivity contribution < 1.29 is 19.4 Å². The summed E-state index contributed by atoms with van der Waals surface area (Å²) in [5, 5.41) is 14.0. The lowest BCUT2D eigenvalue weighted by Gasteiger charge is -2.15. The molecule has 110 valence electrons. The maximum absolute atomic E-state index is 11.8. The van der Waals surface area contributed by atoms with Crippen LogP contribution >= 0.6 is 0 Å². The highest BCUT2D eigenvalue weighted by molar-refractivity contribution is 5.92. The first-order chi connectivity index (χ1) is 9.58. The minimum absolute atomic E-state index is 0.327. The summed E-state index contributed by atoms with van der Waals surface area (Å²) in [4.78, 5) is 22.7. The molecule has 3 N–H and O–H groups in total. The number of para-hydroxylation sites is 1. The first-order valence-electron chi connectivity index (χ1n) is 6.45. The van der Waals surface area contributed by atoms with E-state index in [0.29, 0.717) is 25.1 Å². The van der Waals surface area contributed by atoms with E-state index in [4.69, 9.17) is 9.84 Å². The molecule has 1 atom stereocenters. The van der Waals surface area contributed by atoms with E-state index in [1.54, 1.807) is 26.2 Å². The zero-order valence-electron chi connectivity index (χ0n) is 11.7. The molecule has 0 heterocycles. The Balaban J connectivity index is 2.67. The highest BCUT2D eigenvalue weighted by Gasteiger charge is 2.17. The van der Waals surface area contributed by atoms with Gasteiger partial charge in [-0.3, -0.25) is 0 Å². The average Bonchev–Trinajstić information content (AvgIpc) is 2.43. The summed E-state index contributed by atoms with van der Waals surface area (Å²) >= 11 is 0. The molecule has 0 aliphatic heterocycles. The Morgan fingerprint density at radius 1 is 1.35 bits per heavy atom. The number of carbonyl (C=O) groups is 2. The molecule has 6 nitrogen and oxygen atoms in total. The fourth-order valence-electron chi connectivity index (χ4n) is 1.73. The number of nitrogens with one attached hydrogen (secondary N) is 2. The quantitative estimate of drug-likeness (QED) is 0.711. The number of ether oxygens (including phenoxy) is 1. The van der Waals surface area contributed by atoms with Gasteiger partial charge in [0, 0.05) is 12.8 Å². The van der Waals surface area contributed by atoms with Gasteiger partial charge in [0.05, 0.1) is 6.61 Å². The van der Waals surface area contributed by atoms with Crippen molar-refractivity contribution >= 4 is 17.7 Å². The van der Waals surface area contributed by atoms with Gasteiger partial charge >= 0.3 is 12.0 Å². The molecule has 0 spiro atoms. The molecule has 1 rings (SSSR count). The number of benzene rings is 1. The molecule has 0 saturated carbocycles. The minimum atomic E-state index is -1.05. The molecule has 1 aromatic carbocycles. The van der Waals surface area contributed by atoms with Crippen LogP contribution < -0.4 is 10.6 Å². The van der Waals surface area contributed by atoms with Gasteiger partial charge in [-0.2, -0.15) is 0 Å². The predicted molar refractivity (Wildman–Crippen MR) is 75.9 cm³/mol. The summed E-state index contributed by atoms with van der Waals surface area (Å²) in [6.07, 6.45) is 0.997. The molecule has 0 radical (unpaired) electrons. The Morgan fingerprint density at radius 3 is 2.65 bits per heavy atom. The SMILES string of the molecule is CC[C@@H](NC(=O)Nc1ccccc1CCOC)C(=O)O. The third-order valence-electron chi connectivity index (χ3n) is 2.85. The van der Waals surface area contributed by atoms with Crippen LogP contribution in [-0.2, 0) is 16.0 Å². The summed E-state index contributed by atoms with van der Waals surface area (Å²) in [5.41, 5.74) is 1.59. The van der Waals surface area contributed by atoms with E-state index in [1.165, 1.54) is 0 Å². The van der Waals surface area contributed by atoms with Crippen LogP contribution in [0.2, 0.25) is 0 Å². The molecule has 0 unspecified atom stereocenters. The van der Waals surface area contributed by atoms with E-state index in [-0.39, 0.29) is 0 Å². The number of hydrogen-bond donors (Lipinski definition) is 3. The summed E-state index contributed by atoms with van der Waals surface area (Å²) in [6.45, 7) is 2.25. The second kappa shape index (κ2) is 8.16. The van der Waals surface area contributed by atoms with Gasteiger partial charge in [0.2, 0.25) is 0 Å². The molecule has 0 aromatic heterocycles. The van der Waals surface area contributed by atoms with Crippen molar-refractivity contribution in [3.8, 4) is 0 Å². The Bertz CT molecular complexity index is 462. The number of carboxylic acid groups (broad SMARTS) is 1. The van der Waals surface area contributed by atoms with Crippen LogP contribution in [-0.4, -0.2) is 36.9 Å². The molecule has 0 aliphatic carbocycles. The van der Waals surface area contributed by atoms with Gasteiger partial charge < -0.3 is 20.5 Å². The first kappa shape index (κ1) is 16.0. The third kappa shape index (κ3) is 4.89. The molecule has 6 heteroatoms. The van der Waals surface area contributed by atoms with Gasteiger partial charge in [-0.1, -0.05) is 25.1 Å². The molecular weight excluding hydrogens is 260 g/mol. The molecule has 1 aromatic rings. The standard InChI is InChI=1S/C14H20N2O4/c1-3-11(13(17)18)15-14(19)16-12-7-5-4-6-10(12)8-9-20-2/h4-7,11H,3,8-9H2,1-2H3,(H,17,18)(H2,15,16,19)/t11-/m1/s1. The van der Waals surface area contributed by atoms with Crippen LogP contribution in [0, 0.1) is 0 Å². The van der Waals surface area contributed by atoms with Gasteiger partial charge in [0.1, 0.15) is 6.04 Å². The van der Waals surface area contributed by atoms with Crippen molar-refractivity contribution in [1.82, 2.24) is 5.32 Å². The van der Waals surface area contributed by atoms with Crippen molar-refractivity contribution in [1.29, 1.82) is 0 Å². The van der Waals surface area contributed by atoms with E-state index in [0.717, 1.165) is 5.56 Å². The molecule has 2 amide bonds. The fraction of sp³-hybridized carbons (Fsp3) is 0.429. The zero-order valence-corrected chi connectivity index (χ0v) is 11.7. The topological polar surface area (TPSA) is 87.7 Å². The molecule has 0 saturated heterocycles. The Kier molecular flexibility index (Phi) is 6.52. The van der Waals surface area contributed by atoms with Crippen molar-refractivity contribution in [2.45, 2.75) is 25.8 Å². The van der Waals surface area contributed by atoms with Crippen molar-refractivity contribution in [3.63, 3.8) is 0 Å². The van der Waals surface area contributed by atoms with Crippen LogP contribution in [0.3, 0.4) is 0 Å². The van der Waals surface area contributed by atoms with Gasteiger partial charge in [0.15, 0.2) is 0 Å². The number of rotatable bonds is 7. The largest absolute Gasteiger partial charge is 0.480 e. The number of aliphatic carboxylic acids is 1. The van der Waals surface area contributed by atoms with E-state index < -0.39 is 18.0 Å². The second-order valence-corrected chi connectivity index (χ2v) is 4.30. The Labute approximate surface area is 118 Å². The highest BCUT2D eigenvalue weighted by Crippen LogP contribution is 2.15. The minimum Gasteiger partial charge on any atom is -0.480 e. The molecule has 0 aliphatic rings. The maximum Gasteiger partial charge on any atom is 0.326 e. The number of methoxy groups -OCH3 is 1. The zero-order chi connectivity index (χ0) is 15.0. The van der Waals surface area contributed by atoms with Crippen LogP contribution in [0.15, 0.2) is 24.3 Å². The van der Waals surface area contributed by atoms with E-state index >= 15 is 0 Å². The summed E-state index contributed by atoms with van der Waals surface area (Å²) in [5.74, 6) is -1.05. The highest BCUT2D eigenvalue weighted by atomic mass is 16.5. The van der Waals surface area contributed by atoms with Crippen molar-refractivity contribution in [3.05, 3.63) is 29.8 Å². The van der Waals surface area contributed by atoms with Crippen LogP contribution in [0.5, 0.6) is 0 Å².